The van der Waals surface area contributed by atoms with Crippen molar-refractivity contribution >= 4 is 10.9 Å². The first kappa shape index (κ1) is 16.5. The molecule has 0 saturated heterocycles. The van der Waals surface area contributed by atoms with Crippen molar-refractivity contribution < 1.29 is 18.4 Å². The lowest BCUT2D eigenvalue weighted by Gasteiger charge is -2.09. The van der Waals surface area contributed by atoms with E-state index in [2.05, 4.69) is 10.1 Å². The van der Waals surface area contributed by atoms with Gasteiger partial charge in [-0.15, -0.1) is 0 Å². The van der Waals surface area contributed by atoms with Gasteiger partial charge in [-0.3, -0.25) is 4.79 Å². The third-order valence-electron chi connectivity index (χ3n) is 4.67. The predicted molar refractivity (Wildman–Crippen MR) is 98.7 cm³/mol. The highest BCUT2D eigenvalue weighted by Crippen LogP contribution is 2.35. The average molecular weight is 379 g/mol. The Hall–Kier alpha value is -3.68. The highest BCUT2D eigenvalue weighted by atomic mass is 19.1. The molecule has 3 heterocycles. The van der Waals surface area contributed by atoms with Crippen LogP contribution in [0, 0.1) is 5.82 Å². The second kappa shape index (κ2) is 6.19. The van der Waals surface area contributed by atoms with Crippen LogP contribution in [0.1, 0.15) is 6.92 Å². The Morgan fingerprint density at radius 1 is 1.14 bits per heavy atom. The van der Waals surface area contributed by atoms with E-state index in [0.29, 0.717) is 34.9 Å². The SMILES string of the molecule is CCn1cc(-c2nc(-c3ccc4c(c3)OCO4)no2)c(=O)c2cc(F)ccc21. The van der Waals surface area contributed by atoms with E-state index in [4.69, 9.17) is 14.0 Å². The Kier molecular flexibility index (Phi) is 3.65. The Morgan fingerprint density at radius 3 is 2.86 bits per heavy atom. The first-order valence-corrected chi connectivity index (χ1v) is 8.71. The first-order chi connectivity index (χ1) is 13.6. The maximum absolute atomic E-state index is 13.7. The fourth-order valence-electron chi connectivity index (χ4n) is 3.27. The second-order valence-electron chi connectivity index (χ2n) is 6.31. The van der Waals surface area contributed by atoms with Crippen molar-refractivity contribution in [3.63, 3.8) is 0 Å². The van der Waals surface area contributed by atoms with Crippen molar-refractivity contribution in [3.05, 3.63) is 58.6 Å². The Balaban J connectivity index is 1.63. The zero-order valence-corrected chi connectivity index (χ0v) is 14.8. The summed E-state index contributed by atoms with van der Waals surface area (Å²) in [4.78, 5) is 17.3. The summed E-state index contributed by atoms with van der Waals surface area (Å²) < 4.78 is 31.5. The van der Waals surface area contributed by atoms with Crippen LogP contribution in [0.15, 0.2) is 51.9 Å². The third-order valence-corrected chi connectivity index (χ3v) is 4.67. The van der Waals surface area contributed by atoms with Crippen LogP contribution in [0.4, 0.5) is 4.39 Å². The van der Waals surface area contributed by atoms with E-state index in [1.807, 2.05) is 11.5 Å². The molecule has 0 fully saturated rings. The summed E-state index contributed by atoms with van der Waals surface area (Å²) in [6, 6.07) is 9.43. The van der Waals surface area contributed by atoms with Crippen molar-refractivity contribution in [2.75, 3.05) is 6.79 Å². The maximum atomic E-state index is 13.7. The molecule has 1 aliphatic heterocycles. The van der Waals surface area contributed by atoms with Crippen LogP contribution in [0.5, 0.6) is 11.5 Å². The number of aromatic nitrogens is 3. The smallest absolute Gasteiger partial charge is 0.263 e. The molecule has 0 N–H and O–H groups in total. The minimum atomic E-state index is -0.476. The van der Waals surface area contributed by atoms with Gasteiger partial charge in [0, 0.05) is 23.7 Å². The molecule has 7 nitrogen and oxygen atoms in total. The van der Waals surface area contributed by atoms with Crippen molar-refractivity contribution in [1.29, 1.82) is 0 Å². The van der Waals surface area contributed by atoms with Gasteiger partial charge >= 0.3 is 0 Å². The van der Waals surface area contributed by atoms with Gasteiger partial charge in [-0.1, -0.05) is 5.16 Å². The number of rotatable bonds is 3. The molecule has 4 aromatic rings. The van der Waals surface area contributed by atoms with Gasteiger partial charge in [-0.25, -0.2) is 4.39 Å². The van der Waals surface area contributed by atoms with Crippen LogP contribution < -0.4 is 14.9 Å². The second-order valence-corrected chi connectivity index (χ2v) is 6.31. The Morgan fingerprint density at radius 2 is 2.00 bits per heavy atom. The van der Waals surface area contributed by atoms with Gasteiger partial charge in [0.25, 0.3) is 5.89 Å². The molecule has 0 radical (unpaired) electrons. The summed E-state index contributed by atoms with van der Waals surface area (Å²) in [5, 5.41) is 4.24. The molecule has 0 unspecified atom stereocenters. The van der Waals surface area contributed by atoms with Crippen LogP contribution >= 0.6 is 0 Å². The van der Waals surface area contributed by atoms with Crippen molar-refractivity contribution in [2.24, 2.45) is 0 Å². The summed E-state index contributed by atoms with van der Waals surface area (Å²) in [5.41, 5.74) is 1.18. The quantitative estimate of drug-likeness (QED) is 0.541. The number of hydrogen-bond acceptors (Lipinski definition) is 6. The van der Waals surface area contributed by atoms with Crippen molar-refractivity contribution in [1.82, 2.24) is 14.7 Å². The summed E-state index contributed by atoms with van der Waals surface area (Å²) in [6.45, 7) is 2.70. The molecule has 0 spiro atoms. The van der Waals surface area contributed by atoms with Gasteiger partial charge in [0.15, 0.2) is 11.5 Å². The summed E-state index contributed by atoms with van der Waals surface area (Å²) >= 11 is 0. The number of ether oxygens (including phenoxy) is 2. The number of benzene rings is 2. The molecule has 2 aromatic carbocycles. The molecular weight excluding hydrogens is 365 g/mol. The fourth-order valence-corrected chi connectivity index (χ4v) is 3.27. The topological polar surface area (TPSA) is 79.4 Å². The Bertz CT molecular complexity index is 1280. The van der Waals surface area contributed by atoms with Crippen LogP contribution in [0.2, 0.25) is 0 Å². The monoisotopic (exact) mass is 379 g/mol. The molecule has 1 aliphatic rings. The molecule has 140 valence electrons. The molecule has 8 heteroatoms. The number of halogens is 1. The number of hydrogen-bond donors (Lipinski definition) is 0. The number of nitrogens with zero attached hydrogens (tertiary/aromatic N) is 3. The van der Waals surface area contributed by atoms with Gasteiger partial charge in [0.2, 0.25) is 18.0 Å². The maximum Gasteiger partial charge on any atom is 0.263 e. The molecule has 0 bridgehead atoms. The molecule has 0 atom stereocenters. The van der Waals surface area contributed by atoms with Gasteiger partial charge in [-0.05, 0) is 43.3 Å². The van der Waals surface area contributed by atoms with Gasteiger partial charge in [0.05, 0.1) is 5.52 Å². The first-order valence-electron chi connectivity index (χ1n) is 8.71. The molecule has 2 aromatic heterocycles. The van der Waals surface area contributed by atoms with E-state index in [1.54, 1.807) is 30.5 Å². The molecule has 0 amide bonds. The van der Waals surface area contributed by atoms with Crippen LogP contribution in [-0.2, 0) is 6.54 Å². The summed E-state index contributed by atoms with van der Waals surface area (Å²) in [6.07, 6.45) is 1.65. The van der Waals surface area contributed by atoms with E-state index in [-0.39, 0.29) is 29.1 Å². The van der Waals surface area contributed by atoms with Gasteiger partial charge in [0.1, 0.15) is 11.4 Å². The number of pyridine rings is 1. The van der Waals surface area contributed by atoms with E-state index in [0.717, 1.165) is 0 Å². The normalized spacial score (nSPS) is 12.6. The van der Waals surface area contributed by atoms with E-state index >= 15 is 0 Å². The largest absolute Gasteiger partial charge is 0.454 e. The molecule has 0 saturated carbocycles. The average Bonchev–Trinajstić information content (AvgIpc) is 3.37. The van der Waals surface area contributed by atoms with Crippen molar-refractivity contribution in [2.45, 2.75) is 13.5 Å². The zero-order valence-electron chi connectivity index (χ0n) is 14.8. The lowest BCUT2D eigenvalue weighted by atomic mass is 10.1. The highest BCUT2D eigenvalue weighted by Gasteiger charge is 2.19. The van der Waals surface area contributed by atoms with E-state index < -0.39 is 5.82 Å². The summed E-state index contributed by atoms with van der Waals surface area (Å²) in [7, 11) is 0. The molecular formula is C20H14FN3O4. The minimum Gasteiger partial charge on any atom is -0.454 e. The van der Waals surface area contributed by atoms with Crippen LogP contribution in [0.3, 0.4) is 0 Å². The predicted octanol–water partition coefficient (Wildman–Crippen LogP) is 3.61. The lowest BCUT2D eigenvalue weighted by Crippen LogP contribution is -2.12. The lowest BCUT2D eigenvalue weighted by molar-refractivity contribution is 0.174. The molecule has 0 aliphatic carbocycles. The standard InChI is InChI=1S/C20H14FN3O4/c1-2-24-9-14(18(25)13-8-12(21)4-5-15(13)24)20-22-19(23-28-20)11-3-6-16-17(7-11)27-10-26-16/h3-9H,2,10H2,1H3. The minimum absolute atomic E-state index is 0.0750. The van der Waals surface area contributed by atoms with E-state index in [9.17, 15) is 9.18 Å². The molecule has 5 rings (SSSR count). The number of aryl methyl sites for hydroxylation is 1. The number of fused-ring (bicyclic) bond motifs is 2. The zero-order chi connectivity index (χ0) is 19.3. The van der Waals surface area contributed by atoms with Gasteiger partial charge in [-0.2, -0.15) is 4.98 Å². The Labute approximate surface area is 157 Å². The highest BCUT2D eigenvalue weighted by molar-refractivity contribution is 5.83. The van der Waals surface area contributed by atoms with E-state index in [1.165, 1.54) is 12.1 Å². The van der Waals surface area contributed by atoms with Crippen LogP contribution in [0.25, 0.3) is 33.7 Å². The van der Waals surface area contributed by atoms with Crippen LogP contribution in [-0.4, -0.2) is 21.5 Å². The van der Waals surface area contributed by atoms with Gasteiger partial charge < -0.3 is 18.6 Å². The summed E-state index contributed by atoms with van der Waals surface area (Å²) in [5.74, 6) is 1.16. The van der Waals surface area contributed by atoms with Crippen molar-refractivity contribution in [3.8, 4) is 34.3 Å². The fraction of sp³-hybridized carbons (Fsp3) is 0.150. The third kappa shape index (κ3) is 2.53. The molecule has 28 heavy (non-hydrogen) atoms.